The maximum atomic E-state index is 12.1. The monoisotopic (exact) mass is 314 g/mol. The van der Waals surface area contributed by atoms with Crippen molar-refractivity contribution in [3.05, 3.63) is 23.3 Å². The van der Waals surface area contributed by atoms with Gasteiger partial charge in [0.1, 0.15) is 0 Å². The second-order valence-electron chi connectivity index (χ2n) is 9.02. The van der Waals surface area contributed by atoms with Gasteiger partial charge in [-0.2, -0.15) is 0 Å². The van der Waals surface area contributed by atoms with Gasteiger partial charge in [-0.15, -0.1) is 0 Å². The van der Waals surface area contributed by atoms with Gasteiger partial charge in [0.15, 0.2) is 5.78 Å². The van der Waals surface area contributed by atoms with Crippen molar-refractivity contribution in [2.75, 3.05) is 0 Å². The van der Waals surface area contributed by atoms with E-state index >= 15 is 0 Å². The van der Waals surface area contributed by atoms with Crippen LogP contribution in [0.2, 0.25) is 0 Å². The van der Waals surface area contributed by atoms with Crippen molar-refractivity contribution in [3.8, 4) is 0 Å². The Hall–Kier alpha value is -0.890. The van der Waals surface area contributed by atoms with E-state index in [4.69, 9.17) is 0 Å². The predicted molar refractivity (Wildman–Crippen MR) is 91.9 cm³/mol. The average Bonchev–Trinajstić information content (AvgIpc) is 2.83. The van der Waals surface area contributed by atoms with E-state index in [9.17, 15) is 9.90 Å². The molecule has 0 saturated heterocycles. The molecule has 0 aliphatic heterocycles. The Kier molecular flexibility index (Phi) is 3.43. The van der Waals surface area contributed by atoms with E-state index in [2.05, 4.69) is 26.0 Å². The van der Waals surface area contributed by atoms with E-state index in [0.717, 1.165) is 37.7 Å². The van der Waals surface area contributed by atoms with Gasteiger partial charge in [-0.3, -0.25) is 4.79 Å². The largest absolute Gasteiger partial charge is 0.393 e. The highest BCUT2D eigenvalue weighted by Crippen LogP contribution is 2.64. The van der Waals surface area contributed by atoms with Crippen LogP contribution in [0.15, 0.2) is 23.3 Å². The number of carbonyl (C=O) groups excluding carboxylic acids is 1. The number of hydrogen-bond acceptors (Lipinski definition) is 2. The summed E-state index contributed by atoms with van der Waals surface area (Å²) in [6.07, 6.45) is 12.2. The lowest BCUT2D eigenvalue weighted by Crippen LogP contribution is -2.50. The van der Waals surface area contributed by atoms with Crippen LogP contribution in [0.3, 0.4) is 0 Å². The zero-order chi connectivity index (χ0) is 16.4. The molecule has 4 rings (SSSR count). The molecule has 0 aromatic heterocycles. The molecule has 2 fully saturated rings. The Morgan fingerprint density at radius 1 is 1.13 bits per heavy atom. The number of rotatable bonds is 1. The smallest absolute Gasteiger partial charge is 0.156 e. The van der Waals surface area contributed by atoms with Gasteiger partial charge in [-0.05, 0) is 86.0 Å². The first kappa shape index (κ1) is 15.6. The summed E-state index contributed by atoms with van der Waals surface area (Å²) in [6, 6.07) is 0. The summed E-state index contributed by atoms with van der Waals surface area (Å²) in [7, 11) is 0. The fourth-order valence-corrected chi connectivity index (χ4v) is 6.85. The van der Waals surface area contributed by atoms with Crippen molar-refractivity contribution in [2.24, 2.45) is 28.6 Å². The molecular formula is C21H30O2. The van der Waals surface area contributed by atoms with Crippen molar-refractivity contribution in [2.45, 2.75) is 71.8 Å². The highest BCUT2D eigenvalue weighted by atomic mass is 16.3. The Morgan fingerprint density at radius 3 is 2.65 bits per heavy atom. The summed E-state index contributed by atoms with van der Waals surface area (Å²) in [6.45, 7) is 6.49. The van der Waals surface area contributed by atoms with Crippen molar-refractivity contribution in [1.29, 1.82) is 0 Å². The van der Waals surface area contributed by atoms with Crippen LogP contribution < -0.4 is 0 Å². The minimum atomic E-state index is -0.126. The molecule has 0 radical (unpaired) electrons. The molecule has 0 heterocycles. The zero-order valence-corrected chi connectivity index (χ0v) is 14.8. The maximum Gasteiger partial charge on any atom is 0.156 e. The van der Waals surface area contributed by atoms with Gasteiger partial charge in [-0.25, -0.2) is 0 Å². The molecule has 1 N–H and O–H groups in total. The predicted octanol–water partition coefficient (Wildman–Crippen LogP) is 4.44. The summed E-state index contributed by atoms with van der Waals surface area (Å²) in [5, 5.41) is 10.3. The fraction of sp³-hybridized carbons (Fsp3) is 0.762. The topological polar surface area (TPSA) is 37.3 Å². The van der Waals surface area contributed by atoms with Crippen molar-refractivity contribution < 1.29 is 9.90 Å². The van der Waals surface area contributed by atoms with Gasteiger partial charge in [0, 0.05) is 0 Å². The lowest BCUT2D eigenvalue weighted by Gasteiger charge is -2.57. The minimum Gasteiger partial charge on any atom is -0.393 e. The lowest BCUT2D eigenvalue weighted by molar-refractivity contribution is -0.115. The Bertz CT molecular complexity index is 601. The molecule has 2 nitrogen and oxygen atoms in total. The van der Waals surface area contributed by atoms with Crippen LogP contribution in [0, 0.1) is 28.6 Å². The zero-order valence-electron chi connectivity index (χ0n) is 14.8. The summed E-state index contributed by atoms with van der Waals surface area (Å²) >= 11 is 0. The molecule has 2 saturated carbocycles. The Balaban J connectivity index is 1.68. The number of allylic oxidation sites excluding steroid dienone is 4. The van der Waals surface area contributed by atoms with Crippen LogP contribution >= 0.6 is 0 Å². The van der Waals surface area contributed by atoms with E-state index in [-0.39, 0.29) is 22.7 Å². The van der Waals surface area contributed by atoms with E-state index < -0.39 is 0 Å². The molecule has 0 spiro atoms. The average molecular weight is 314 g/mol. The molecule has 4 aliphatic rings. The molecule has 0 bridgehead atoms. The lowest BCUT2D eigenvalue weighted by atomic mass is 9.47. The number of ketones is 1. The van der Waals surface area contributed by atoms with Gasteiger partial charge < -0.3 is 5.11 Å². The van der Waals surface area contributed by atoms with Gasteiger partial charge in [-0.1, -0.05) is 31.6 Å². The second-order valence-corrected chi connectivity index (χ2v) is 9.02. The number of aliphatic hydroxyl groups is 1. The third kappa shape index (κ3) is 2.06. The van der Waals surface area contributed by atoms with Crippen LogP contribution in [-0.4, -0.2) is 17.0 Å². The summed E-state index contributed by atoms with van der Waals surface area (Å²) in [5.41, 5.74) is 3.01. The standard InChI is InChI=1S/C21H30O2/c1-13(22)17-8-9-18-16-7-5-14-4-6-15(23)12-21(14,3)19(16)10-11-20(17,18)2/h5,8,15-16,18-19,23H,4,6-7,9-12H2,1-3H3/t15?,16-,18-,19-,20+,21-/m0/s1. The molecular weight excluding hydrogens is 284 g/mol. The minimum absolute atomic E-state index is 0.0992. The normalized spacial score (nSPS) is 48.7. The number of hydrogen-bond donors (Lipinski definition) is 1. The molecule has 2 heteroatoms. The number of fused-ring (bicyclic) bond motifs is 5. The fourth-order valence-electron chi connectivity index (χ4n) is 6.85. The van der Waals surface area contributed by atoms with E-state index in [0.29, 0.717) is 17.8 Å². The highest BCUT2D eigenvalue weighted by molar-refractivity contribution is 5.95. The van der Waals surface area contributed by atoms with Crippen LogP contribution in [-0.2, 0) is 4.79 Å². The van der Waals surface area contributed by atoms with Crippen LogP contribution in [0.1, 0.15) is 65.7 Å². The van der Waals surface area contributed by atoms with Crippen molar-refractivity contribution in [1.82, 2.24) is 0 Å². The van der Waals surface area contributed by atoms with E-state index in [1.54, 1.807) is 12.5 Å². The maximum absolute atomic E-state index is 12.1. The Labute approximate surface area is 140 Å². The van der Waals surface area contributed by atoms with Gasteiger partial charge in [0.05, 0.1) is 6.10 Å². The van der Waals surface area contributed by atoms with Crippen LogP contribution in [0.25, 0.3) is 0 Å². The van der Waals surface area contributed by atoms with Crippen LogP contribution in [0.4, 0.5) is 0 Å². The summed E-state index contributed by atoms with van der Waals surface area (Å²) in [5.74, 6) is 2.27. The van der Waals surface area contributed by atoms with E-state index in [1.165, 1.54) is 12.8 Å². The first-order valence-corrected chi connectivity index (χ1v) is 9.45. The molecule has 4 aliphatic carbocycles. The molecule has 23 heavy (non-hydrogen) atoms. The summed E-state index contributed by atoms with van der Waals surface area (Å²) < 4.78 is 0. The van der Waals surface area contributed by atoms with Gasteiger partial charge in [0.25, 0.3) is 0 Å². The van der Waals surface area contributed by atoms with Gasteiger partial charge >= 0.3 is 0 Å². The van der Waals surface area contributed by atoms with Crippen molar-refractivity contribution >= 4 is 5.78 Å². The summed E-state index contributed by atoms with van der Waals surface area (Å²) in [4.78, 5) is 12.1. The SMILES string of the molecule is CC(=O)C1=CC[C@H]2[C@@H]3CC=C4CCC(O)C[C@]4(C)[C@H]3CC[C@]12C. The molecule has 0 amide bonds. The first-order chi connectivity index (χ1) is 10.9. The number of carbonyl (C=O) groups is 1. The Morgan fingerprint density at radius 2 is 1.91 bits per heavy atom. The number of Topliss-reactive ketones (excluding diaryl/α,β-unsaturated/α-hetero) is 1. The first-order valence-electron chi connectivity index (χ1n) is 9.45. The van der Waals surface area contributed by atoms with Crippen molar-refractivity contribution in [3.63, 3.8) is 0 Å². The molecule has 1 unspecified atom stereocenters. The molecule has 0 aromatic carbocycles. The molecule has 6 atom stereocenters. The van der Waals surface area contributed by atoms with Crippen LogP contribution in [0.5, 0.6) is 0 Å². The van der Waals surface area contributed by atoms with E-state index in [1.807, 2.05) is 0 Å². The third-order valence-corrected chi connectivity index (χ3v) is 7.99. The second kappa shape index (κ2) is 5.05. The molecule has 0 aromatic rings. The third-order valence-electron chi connectivity index (χ3n) is 7.99. The molecule has 126 valence electrons. The van der Waals surface area contributed by atoms with Gasteiger partial charge in [0.2, 0.25) is 0 Å². The number of aliphatic hydroxyl groups excluding tert-OH is 1. The quantitative estimate of drug-likeness (QED) is 0.727. The highest BCUT2D eigenvalue weighted by Gasteiger charge is 2.57.